The van der Waals surface area contributed by atoms with E-state index in [1.807, 2.05) is 53.6 Å². The lowest BCUT2D eigenvalue weighted by Crippen LogP contribution is -2.36. The topological polar surface area (TPSA) is 45.3 Å². The first kappa shape index (κ1) is 13.7. The summed E-state index contributed by atoms with van der Waals surface area (Å²) in [5.74, 6) is -0.397. The standard InChI is InChI=1S/C16H13BrN2O2/c17-13-8-5-11-19(12-6-2-1-3-7-12)15(13)21-16(20)14-9-4-10-18-14/h1-11,15,18H. The molecule has 0 spiro atoms. The van der Waals surface area contributed by atoms with E-state index in [4.69, 9.17) is 4.74 Å². The van der Waals surface area contributed by atoms with E-state index in [9.17, 15) is 4.79 Å². The van der Waals surface area contributed by atoms with Crippen LogP contribution in [0.5, 0.6) is 0 Å². The lowest BCUT2D eigenvalue weighted by molar-refractivity contribution is 0.0390. The number of carbonyl (C=O) groups is 1. The summed E-state index contributed by atoms with van der Waals surface area (Å²) in [4.78, 5) is 16.9. The molecule has 1 aromatic carbocycles. The zero-order valence-electron chi connectivity index (χ0n) is 11.1. The predicted molar refractivity (Wildman–Crippen MR) is 85.1 cm³/mol. The molecule has 3 rings (SSSR count). The minimum absolute atomic E-state index is 0.397. The Labute approximate surface area is 130 Å². The molecular formula is C16H13BrN2O2. The fourth-order valence-electron chi connectivity index (χ4n) is 2.08. The van der Waals surface area contributed by atoms with Gasteiger partial charge in [-0.3, -0.25) is 0 Å². The van der Waals surface area contributed by atoms with Crippen LogP contribution in [-0.2, 0) is 4.74 Å². The van der Waals surface area contributed by atoms with Gasteiger partial charge < -0.3 is 14.6 Å². The van der Waals surface area contributed by atoms with Gasteiger partial charge in [-0.1, -0.05) is 18.2 Å². The summed E-state index contributed by atoms with van der Waals surface area (Å²) < 4.78 is 6.39. The first-order chi connectivity index (χ1) is 10.3. The summed E-state index contributed by atoms with van der Waals surface area (Å²) in [6.45, 7) is 0. The Morgan fingerprint density at radius 2 is 2.00 bits per heavy atom. The number of rotatable bonds is 3. The summed E-state index contributed by atoms with van der Waals surface area (Å²) in [5, 5.41) is 0. The van der Waals surface area contributed by atoms with E-state index in [0.717, 1.165) is 10.2 Å². The van der Waals surface area contributed by atoms with Crippen LogP contribution in [0.4, 0.5) is 5.69 Å². The molecule has 21 heavy (non-hydrogen) atoms. The van der Waals surface area contributed by atoms with Gasteiger partial charge in [-0.15, -0.1) is 0 Å². The zero-order valence-corrected chi connectivity index (χ0v) is 12.7. The Hall–Kier alpha value is -2.27. The van der Waals surface area contributed by atoms with Crippen molar-refractivity contribution < 1.29 is 9.53 Å². The number of carbonyl (C=O) groups excluding carboxylic acids is 1. The van der Waals surface area contributed by atoms with Crippen LogP contribution in [0, 0.1) is 0 Å². The summed E-state index contributed by atoms with van der Waals surface area (Å²) >= 11 is 3.46. The number of aromatic nitrogens is 1. The normalized spacial score (nSPS) is 17.5. The van der Waals surface area contributed by atoms with E-state index in [2.05, 4.69) is 20.9 Å². The molecule has 106 valence electrons. The SMILES string of the molecule is O=C(OC1C(Br)=CC=CN1c1ccccc1)c1ccc[nH]1. The molecule has 1 aromatic heterocycles. The lowest BCUT2D eigenvalue weighted by atomic mass is 10.2. The van der Waals surface area contributed by atoms with Crippen molar-refractivity contribution in [3.8, 4) is 0 Å². The van der Waals surface area contributed by atoms with Gasteiger partial charge >= 0.3 is 5.97 Å². The van der Waals surface area contributed by atoms with Crippen molar-refractivity contribution in [2.24, 2.45) is 0 Å². The molecule has 2 heterocycles. The van der Waals surface area contributed by atoms with Crippen molar-refractivity contribution in [1.82, 2.24) is 4.98 Å². The van der Waals surface area contributed by atoms with Gasteiger partial charge in [0.2, 0.25) is 6.23 Å². The van der Waals surface area contributed by atoms with Gasteiger partial charge in [-0.25, -0.2) is 4.79 Å². The van der Waals surface area contributed by atoms with E-state index in [-0.39, 0.29) is 0 Å². The van der Waals surface area contributed by atoms with E-state index >= 15 is 0 Å². The molecule has 1 unspecified atom stereocenters. The maximum atomic E-state index is 12.1. The molecule has 2 aromatic rings. The molecule has 0 bridgehead atoms. The van der Waals surface area contributed by atoms with Gasteiger partial charge in [0.1, 0.15) is 5.69 Å². The third-order valence-corrected chi connectivity index (χ3v) is 3.74. The van der Waals surface area contributed by atoms with Crippen LogP contribution in [0.2, 0.25) is 0 Å². The van der Waals surface area contributed by atoms with E-state index in [1.54, 1.807) is 18.3 Å². The number of H-pyrrole nitrogens is 1. The molecule has 5 heteroatoms. The van der Waals surface area contributed by atoms with Crippen molar-refractivity contribution in [3.63, 3.8) is 0 Å². The average Bonchev–Trinajstić information content (AvgIpc) is 3.04. The summed E-state index contributed by atoms with van der Waals surface area (Å²) in [7, 11) is 0. The highest BCUT2D eigenvalue weighted by molar-refractivity contribution is 9.11. The molecule has 0 fully saturated rings. The minimum Gasteiger partial charge on any atom is -0.432 e. The van der Waals surface area contributed by atoms with Gasteiger partial charge in [0.15, 0.2) is 0 Å². The predicted octanol–water partition coefficient (Wildman–Crippen LogP) is 3.81. The summed E-state index contributed by atoms with van der Waals surface area (Å²) in [5.41, 5.74) is 1.38. The molecule has 0 radical (unpaired) electrons. The van der Waals surface area contributed by atoms with Crippen molar-refractivity contribution in [1.29, 1.82) is 0 Å². The van der Waals surface area contributed by atoms with Gasteiger partial charge in [0.05, 0.1) is 4.48 Å². The highest BCUT2D eigenvalue weighted by Gasteiger charge is 2.26. The molecule has 4 nitrogen and oxygen atoms in total. The number of anilines is 1. The molecule has 1 aliphatic rings. The molecule has 0 amide bonds. The Morgan fingerprint density at radius 3 is 2.71 bits per heavy atom. The maximum Gasteiger partial charge on any atom is 0.356 e. The molecule has 0 aliphatic carbocycles. The molecule has 0 saturated carbocycles. The van der Waals surface area contributed by atoms with Crippen LogP contribution in [0.3, 0.4) is 0 Å². The second-order valence-corrected chi connectivity index (χ2v) is 5.39. The van der Waals surface area contributed by atoms with E-state index in [0.29, 0.717) is 5.69 Å². The second kappa shape index (κ2) is 6.01. The molecule has 0 saturated heterocycles. The minimum atomic E-state index is -0.520. The molecule has 1 atom stereocenters. The number of hydrogen-bond donors (Lipinski definition) is 1. The van der Waals surface area contributed by atoms with Gasteiger partial charge in [-0.05, 0) is 52.3 Å². The maximum absolute atomic E-state index is 12.1. The number of halogens is 1. The summed E-state index contributed by atoms with van der Waals surface area (Å²) in [6.07, 6.45) is 6.82. The van der Waals surface area contributed by atoms with Gasteiger partial charge in [0, 0.05) is 18.1 Å². The largest absolute Gasteiger partial charge is 0.432 e. The number of para-hydroxylation sites is 1. The average molecular weight is 345 g/mol. The summed E-state index contributed by atoms with van der Waals surface area (Å²) in [6, 6.07) is 13.2. The highest BCUT2D eigenvalue weighted by Crippen LogP contribution is 2.28. The fraction of sp³-hybridized carbons (Fsp3) is 0.0625. The first-order valence-electron chi connectivity index (χ1n) is 6.47. The Morgan fingerprint density at radius 1 is 1.19 bits per heavy atom. The Bertz CT molecular complexity index is 678. The number of ether oxygens (including phenoxy) is 1. The number of nitrogens with one attached hydrogen (secondary N) is 1. The van der Waals surface area contributed by atoms with Gasteiger partial charge in [-0.2, -0.15) is 0 Å². The van der Waals surface area contributed by atoms with Gasteiger partial charge in [0.25, 0.3) is 0 Å². The Kier molecular flexibility index (Phi) is 3.92. The monoisotopic (exact) mass is 344 g/mol. The van der Waals surface area contributed by atoms with Crippen molar-refractivity contribution in [2.45, 2.75) is 6.23 Å². The third-order valence-electron chi connectivity index (χ3n) is 3.08. The van der Waals surface area contributed by atoms with Crippen LogP contribution in [0.25, 0.3) is 0 Å². The molecular weight excluding hydrogens is 332 g/mol. The number of benzene rings is 1. The molecule has 1 N–H and O–H groups in total. The number of esters is 1. The van der Waals surface area contributed by atoms with Crippen molar-refractivity contribution in [3.05, 3.63) is 77.2 Å². The number of aromatic amines is 1. The number of hydrogen-bond acceptors (Lipinski definition) is 3. The first-order valence-corrected chi connectivity index (χ1v) is 7.26. The van der Waals surface area contributed by atoms with Crippen LogP contribution >= 0.6 is 15.9 Å². The highest BCUT2D eigenvalue weighted by atomic mass is 79.9. The fourth-order valence-corrected chi connectivity index (χ4v) is 2.54. The van der Waals surface area contributed by atoms with Crippen molar-refractivity contribution >= 4 is 27.6 Å². The molecule has 1 aliphatic heterocycles. The van der Waals surface area contributed by atoms with E-state index < -0.39 is 12.2 Å². The van der Waals surface area contributed by atoms with Crippen LogP contribution in [-0.4, -0.2) is 17.2 Å². The zero-order chi connectivity index (χ0) is 14.7. The lowest BCUT2D eigenvalue weighted by Gasteiger charge is -2.31. The van der Waals surface area contributed by atoms with Crippen LogP contribution < -0.4 is 4.90 Å². The third kappa shape index (κ3) is 2.92. The number of nitrogens with zero attached hydrogens (tertiary/aromatic N) is 1. The quantitative estimate of drug-likeness (QED) is 0.861. The van der Waals surface area contributed by atoms with Crippen molar-refractivity contribution in [2.75, 3.05) is 4.90 Å². The second-order valence-electron chi connectivity index (χ2n) is 4.48. The van der Waals surface area contributed by atoms with Crippen LogP contribution in [0.15, 0.2) is 71.5 Å². The smallest absolute Gasteiger partial charge is 0.356 e. The van der Waals surface area contributed by atoms with Crippen LogP contribution in [0.1, 0.15) is 10.5 Å². The Balaban J connectivity index is 1.85. The van der Waals surface area contributed by atoms with E-state index in [1.165, 1.54) is 0 Å². The number of allylic oxidation sites excluding steroid dienone is 2.